The Kier molecular flexibility index (Phi) is 4.34. The molecule has 0 N–H and O–H groups in total. The lowest BCUT2D eigenvalue weighted by Crippen LogP contribution is -2.36. The van der Waals surface area contributed by atoms with Crippen LogP contribution in [-0.2, 0) is 4.74 Å². The number of oxazole rings is 1. The second-order valence-electron chi connectivity index (χ2n) is 8.12. The average molecular weight is 403 g/mol. The molecule has 7 heteroatoms. The number of rotatable bonds is 3. The molecule has 0 radical (unpaired) electrons. The summed E-state index contributed by atoms with van der Waals surface area (Å²) >= 11 is 0. The van der Waals surface area contributed by atoms with Crippen LogP contribution in [0.1, 0.15) is 24.5 Å². The summed E-state index contributed by atoms with van der Waals surface area (Å²) in [4.78, 5) is 13.9. The Bertz CT molecular complexity index is 1170. The van der Waals surface area contributed by atoms with E-state index < -0.39 is 0 Å². The predicted octanol–water partition coefficient (Wildman–Crippen LogP) is 3.70. The molecule has 0 atom stereocenters. The number of pyridine rings is 1. The number of piperidine rings is 1. The number of anilines is 2. The smallest absolute Gasteiger partial charge is 0.298 e. The molecule has 0 unspecified atom stereocenters. The molecule has 6 rings (SSSR count). The van der Waals surface area contributed by atoms with Gasteiger partial charge in [-0.2, -0.15) is 4.98 Å². The maximum atomic E-state index is 5.99. The molecule has 4 aromatic rings. The van der Waals surface area contributed by atoms with E-state index in [1.807, 2.05) is 12.3 Å². The Morgan fingerprint density at radius 3 is 2.67 bits per heavy atom. The lowest BCUT2D eigenvalue weighted by atomic mass is 9.93. The van der Waals surface area contributed by atoms with E-state index in [-0.39, 0.29) is 0 Å². The Labute approximate surface area is 174 Å². The molecule has 2 fully saturated rings. The summed E-state index contributed by atoms with van der Waals surface area (Å²) in [7, 11) is 0. The lowest BCUT2D eigenvalue weighted by molar-refractivity contribution is 0.120. The van der Waals surface area contributed by atoms with Gasteiger partial charge in [-0.15, -0.1) is 0 Å². The van der Waals surface area contributed by atoms with Crippen LogP contribution in [0.2, 0.25) is 0 Å². The fourth-order valence-corrected chi connectivity index (χ4v) is 4.68. The van der Waals surface area contributed by atoms with E-state index in [0.717, 1.165) is 69.0 Å². The van der Waals surface area contributed by atoms with E-state index >= 15 is 0 Å². The molecule has 0 amide bonds. The number of hydrogen-bond donors (Lipinski definition) is 0. The standard InChI is InChI=1S/C23H25N5O2/c1-2-8-28-20(16-24-22(28)3-1)17-6-9-26(10-7-17)18-4-5-21-19(15-18)25-23(30-21)27-11-13-29-14-12-27/h1-5,8,15-17H,6-7,9-14H2. The van der Waals surface area contributed by atoms with Gasteiger partial charge in [0.1, 0.15) is 11.2 Å². The van der Waals surface area contributed by atoms with Gasteiger partial charge in [0.15, 0.2) is 5.58 Å². The first-order chi connectivity index (χ1) is 14.8. The first-order valence-electron chi connectivity index (χ1n) is 10.8. The topological polar surface area (TPSA) is 59.0 Å². The molecule has 0 spiro atoms. The minimum absolute atomic E-state index is 0.544. The van der Waals surface area contributed by atoms with E-state index in [2.05, 4.69) is 55.7 Å². The molecule has 154 valence electrons. The van der Waals surface area contributed by atoms with Gasteiger partial charge in [-0.25, -0.2) is 4.98 Å². The molecule has 3 aromatic heterocycles. The van der Waals surface area contributed by atoms with Crippen molar-refractivity contribution in [2.75, 3.05) is 49.2 Å². The van der Waals surface area contributed by atoms with Crippen molar-refractivity contribution in [3.05, 3.63) is 54.5 Å². The van der Waals surface area contributed by atoms with E-state index in [9.17, 15) is 0 Å². The van der Waals surface area contributed by atoms with Crippen LogP contribution in [0.15, 0.2) is 53.2 Å². The summed E-state index contributed by atoms with van der Waals surface area (Å²) in [6.45, 7) is 5.18. The van der Waals surface area contributed by atoms with Gasteiger partial charge in [0.25, 0.3) is 6.01 Å². The number of hydrogen-bond acceptors (Lipinski definition) is 6. The molecule has 7 nitrogen and oxygen atoms in total. The highest BCUT2D eigenvalue weighted by Crippen LogP contribution is 2.33. The fourth-order valence-electron chi connectivity index (χ4n) is 4.68. The summed E-state index contributed by atoms with van der Waals surface area (Å²) in [6.07, 6.45) is 6.41. The summed E-state index contributed by atoms with van der Waals surface area (Å²) in [6, 6.07) is 13.3. The number of fused-ring (bicyclic) bond motifs is 2. The molecule has 5 heterocycles. The van der Waals surface area contributed by atoms with Gasteiger partial charge in [0.2, 0.25) is 0 Å². The van der Waals surface area contributed by atoms with Gasteiger partial charge < -0.3 is 23.4 Å². The lowest BCUT2D eigenvalue weighted by Gasteiger charge is -2.33. The third kappa shape index (κ3) is 3.10. The molecule has 30 heavy (non-hydrogen) atoms. The molecule has 2 aliphatic rings. The third-order valence-corrected chi connectivity index (χ3v) is 6.37. The van der Waals surface area contributed by atoms with Crippen molar-refractivity contribution in [1.82, 2.24) is 14.4 Å². The minimum atomic E-state index is 0.544. The predicted molar refractivity (Wildman–Crippen MR) is 116 cm³/mol. The Balaban J connectivity index is 1.19. The van der Waals surface area contributed by atoms with Gasteiger partial charge >= 0.3 is 0 Å². The van der Waals surface area contributed by atoms with E-state index in [0.29, 0.717) is 11.9 Å². The van der Waals surface area contributed by atoms with Crippen LogP contribution in [-0.4, -0.2) is 53.8 Å². The zero-order chi connectivity index (χ0) is 19.9. The van der Waals surface area contributed by atoms with Crippen molar-refractivity contribution >= 4 is 28.4 Å². The Hall–Kier alpha value is -3.06. The normalized spacial score (nSPS) is 18.5. The number of nitrogens with zero attached hydrogens (tertiary/aromatic N) is 5. The fraction of sp³-hybridized carbons (Fsp3) is 0.391. The summed E-state index contributed by atoms with van der Waals surface area (Å²) in [5.41, 5.74) is 5.36. The van der Waals surface area contributed by atoms with Gasteiger partial charge in [0, 0.05) is 55.9 Å². The molecule has 1 aromatic carbocycles. The van der Waals surface area contributed by atoms with Crippen LogP contribution in [0.3, 0.4) is 0 Å². The largest absolute Gasteiger partial charge is 0.423 e. The average Bonchev–Trinajstić information content (AvgIpc) is 3.44. The SMILES string of the molecule is c1ccn2c(C3CCN(c4ccc5oc(N6CCOCC6)nc5c4)CC3)cnc2c1. The molecular formula is C23H25N5O2. The summed E-state index contributed by atoms with van der Waals surface area (Å²) < 4.78 is 13.6. The highest BCUT2D eigenvalue weighted by Gasteiger charge is 2.24. The van der Waals surface area contributed by atoms with Gasteiger partial charge in [-0.3, -0.25) is 0 Å². The van der Waals surface area contributed by atoms with Crippen LogP contribution < -0.4 is 9.80 Å². The molecule has 2 aliphatic heterocycles. The van der Waals surface area contributed by atoms with Crippen LogP contribution in [0, 0.1) is 0 Å². The van der Waals surface area contributed by atoms with Gasteiger partial charge in [-0.05, 0) is 43.2 Å². The van der Waals surface area contributed by atoms with Crippen molar-refractivity contribution in [3.8, 4) is 0 Å². The molecular weight excluding hydrogens is 378 g/mol. The minimum Gasteiger partial charge on any atom is -0.423 e. The maximum Gasteiger partial charge on any atom is 0.298 e. The number of imidazole rings is 1. The highest BCUT2D eigenvalue weighted by molar-refractivity contribution is 5.79. The number of morpholine rings is 1. The summed E-state index contributed by atoms with van der Waals surface area (Å²) in [5, 5.41) is 0. The van der Waals surface area contributed by atoms with Crippen molar-refractivity contribution in [3.63, 3.8) is 0 Å². The Morgan fingerprint density at radius 2 is 1.80 bits per heavy atom. The van der Waals surface area contributed by atoms with E-state index in [1.165, 1.54) is 11.4 Å². The van der Waals surface area contributed by atoms with Crippen molar-refractivity contribution < 1.29 is 9.15 Å². The van der Waals surface area contributed by atoms with Gasteiger partial charge in [-0.1, -0.05) is 6.07 Å². The summed E-state index contributed by atoms with van der Waals surface area (Å²) in [5.74, 6) is 0.544. The zero-order valence-corrected chi connectivity index (χ0v) is 16.9. The first-order valence-corrected chi connectivity index (χ1v) is 10.8. The van der Waals surface area contributed by atoms with Crippen molar-refractivity contribution in [2.45, 2.75) is 18.8 Å². The van der Waals surface area contributed by atoms with Crippen molar-refractivity contribution in [2.24, 2.45) is 0 Å². The highest BCUT2D eigenvalue weighted by atomic mass is 16.5. The molecule has 2 saturated heterocycles. The number of ether oxygens (including phenoxy) is 1. The van der Waals surface area contributed by atoms with Crippen LogP contribution >= 0.6 is 0 Å². The second kappa shape index (κ2) is 7.32. The quantitative estimate of drug-likeness (QED) is 0.520. The van der Waals surface area contributed by atoms with Crippen LogP contribution in [0.4, 0.5) is 11.7 Å². The number of benzene rings is 1. The molecule has 0 saturated carbocycles. The van der Waals surface area contributed by atoms with Crippen LogP contribution in [0.25, 0.3) is 16.7 Å². The van der Waals surface area contributed by atoms with Crippen molar-refractivity contribution in [1.29, 1.82) is 0 Å². The van der Waals surface area contributed by atoms with E-state index in [1.54, 1.807) is 0 Å². The first kappa shape index (κ1) is 17.8. The monoisotopic (exact) mass is 403 g/mol. The second-order valence-corrected chi connectivity index (χ2v) is 8.12. The Morgan fingerprint density at radius 1 is 0.933 bits per heavy atom. The third-order valence-electron chi connectivity index (χ3n) is 6.37. The maximum absolute atomic E-state index is 5.99. The van der Waals surface area contributed by atoms with Crippen LogP contribution in [0.5, 0.6) is 0 Å². The zero-order valence-electron chi connectivity index (χ0n) is 16.9. The molecule has 0 aliphatic carbocycles. The number of aromatic nitrogens is 3. The molecule has 0 bridgehead atoms. The van der Waals surface area contributed by atoms with Gasteiger partial charge in [0.05, 0.1) is 13.2 Å². The van der Waals surface area contributed by atoms with E-state index in [4.69, 9.17) is 14.1 Å².